The summed E-state index contributed by atoms with van der Waals surface area (Å²) in [6.45, 7) is -0.365. The summed E-state index contributed by atoms with van der Waals surface area (Å²) >= 11 is 1.16. The molecule has 0 aliphatic heterocycles. The highest BCUT2D eigenvalue weighted by Gasteiger charge is 1.98. The zero-order chi connectivity index (χ0) is 9.68. The van der Waals surface area contributed by atoms with Crippen LogP contribution in [0.3, 0.4) is 0 Å². The standard InChI is InChI=1S/C5H7N5O2S/c6-5(7-1-4(11)12)8-3-2-13-10-9-3/h2H,1H2,(H,11,12)(H3,6,7,8). The Morgan fingerprint density at radius 1 is 1.85 bits per heavy atom. The summed E-state index contributed by atoms with van der Waals surface area (Å²) in [5, 5.41) is 16.1. The maximum Gasteiger partial charge on any atom is 0.325 e. The maximum absolute atomic E-state index is 10.1. The highest BCUT2D eigenvalue weighted by molar-refractivity contribution is 7.03. The number of nitrogens with one attached hydrogen (secondary N) is 1. The van der Waals surface area contributed by atoms with Crippen LogP contribution in [-0.2, 0) is 4.79 Å². The molecule has 0 spiro atoms. The summed E-state index contributed by atoms with van der Waals surface area (Å²) in [4.78, 5) is 13.6. The van der Waals surface area contributed by atoms with Crippen molar-refractivity contribution in [3.63, 3.8) is 0 Å². The van der Waals surface area contributed by atoms with E-state index in [1.165, 1.54) is 0 Å². The number of carboxylic acid groups (broad SMARTS) is 1. The first-order valence-corrected chi connectivity index (χ1v) is 4.08. The van der Waals surface area contributed by atoms with Crippen LogP contribution in [0, 0.1) is 0 Å². The van der Waals surface area contributed by atoms with Gasteiger partial charge in [-0.15, -0.1) is 5.10 Å². The Bertz CT molecular complexity index is 309. The average Bonchev–Trinajstić information content (AvgIpc) is 2.53. The van der Waals surface area contributed by atoms with Crippen LogP contribution in [0.4, 0.5) is 5.82 Å². The lowest BCUT2D eigenvalue weighted by molar-refractivity contribution is -0.135. The normalized spacial score (nSPS) is 11.2. The number of aliphatic carboxylic acids is 1. The van der Waals surface area contributed by atoms with Crippen molar-refractivity contribution in [3.05, 3.63) is 5.38 Å². The summed E-state index contributed by atoms with van der Waals surface area (Å²) in [5.74, 6) is -0.576. The van der Waals surface area contributed by atoms with E-state index in [9.17, 15) is 4.79 Å². The van der Waals surface area contributed by atoms with Crippen molar-refractivity contribution in [2.45, 2.75) is 0 Å². The van der Waals surface area contributed by atoms with Gasteiger partial charge in [0.15, 0.2) is 11.8 Å². The lowest BCUT2D eigenvalue weighted by atomic mass is 10.7. The van der Waals surface area contributed by atoms with E-state index in [0.717, 1.165) is 11.5 Å². The molecular formula is C5H7N5O2S. The summed E-state index contributed by atoms with van der Waals surface area (Å²) in [7, 11) is 0. The number of hydrogen-bond acceptors (Lipinski definition) is 5. The summed E-state index contributed by atoms with van der Waals surface area (Å²) in [5.41, 5.74) is 5.33. The lowest BCUT2D eigenvalue weighted by Crippen LogP contribution is -2.24. The van der Waals surface area contributed by atoms with Gasteiger partial charge in [0.2, 0.25) is 0 Å². The van der Waals surface area contributed by atoms with Gasteiger partial charge in [0.05, 0.1) is 5.38 Å². The average molecular weight is 201 g/mol. The Morgan fingerprint density at radius 3 is 3.15 bits per heavy atom. The van der Waals surface area contributed by atoms with Gasteiger partial charge in [0.1, 0.15) is 6.54 Å². The molecule has 0 bridgehead atoms. The number of rotatable bonds is 3. The number of hydrogen-bond donors (Lipinski definition) is 3. The van der Waals surface area contributed by atoms with E-state index in [1.54, 1.807) is 5.38 Å². The molecule has 1 heterocycles. The van der Waals surface area contributed by atoms with Gasteiger partial charge in [-0.2, -0.15) is 0 Å². The van der Waals surface area contributed by atoms with Gasteiger partial charge in [-0.25, -0.2) is 4.99 Å². The van der Waals surface area contributed by atoms with E-state index in [-0.39, 0.29) is 12.5 Å². The Morgan fingerprint density at radius 2 is 2.62 bits per heavy atom. The SMILES string of the molecule is NC(=NCC(=O)O)Nc1csnn1. The second kappa shape index (κ2) is 4.36. The van der Waals surface area contributed by atoms with Gasteiger partial charge < -0.3 is 16.2 Å². The Kier molecular flexibility index (Phi) is 3.15. The van der Waals surface area contributed by atoms with Crippen LogP contribution in [0.5, 0.6) is 0 Å². The maximum atomic E-state index is 10.1. The zero-order valence-electron chi connectivity index (χ0n) is 6.47. The van der Waals surface area contributed by atoms with Crippen LogP contribution in [0.15, 0.2) is 10.4 Å². The van der Waals surface area contributed by atoms with Gasteiger partial charge in [-0.1, -0.05) is 4.49 Å². The smallest absolute Gasteiger partial charge is 0.325 e. The Hall–Kier alpha value is -1.70. The third-order valence-corrected chi connectivity index (χ3v) is 1.51. The topological polar surface area (TPSA) is 113 Å². The molecule has 1 rings (SSSR count). The Labute approximate surface area is 77.5 Å². The van der Waals surface area contributed by atoms with E-state index < -0.39 is 5.97 Å². The summed E-state index contributed by atoms with van der Waals surface area (Å²) in [6, 6.07) is 0. The van der Waals surface area contributed by atoms with Crippen molar-refractivity contribution in [1.29, 1.82) is 0 Å². The van der Waals surface area contributed by atoms with E-state index in [2.05, 4.69) is 19.9 Å². The highest BCUT2D eigenvalue weighted by atomic mass is 32.1. The molecule has 0 saturated heterocycles. The zero-order valence-corrected chi connectivity index (χ0v) is 7.28. The van der Waals surface area contributed by atoms with E-state index >= 15 is 0 Å². The monoisotopic (exact) mass is 201 g/mol. The highest BCUT2D eigenvalue weighted by Crippen LogP contribution is 2.01. The number of aromatic nitrogens is 2. The fourth-order valence-corrected chi connectivity index (χ4v) is 0.931. The molecule has 70 valence electrons. The van der Waals surface area contributed by atoms with Crippen molar-refractivity contribution < 1.29 is 9.90 Å². The van der Waals surface area contributed by atoms with Gasteiger partial charge in [-0.3, -0.25) is 4.79 Å². The van der Waals surface area contributed by atoms with Gasteiger partial charge >= 0.3 is 5.97 Å². The molecule has 1 aromatic rings. The molecule has 7 nitrogen and oxygen atoms in total. The molecule has 13 heavy (non-hydrogen) atoms. The van der Waals surface area contributed by atoms with Crippen molar-refractivity contribution in [2.24, 2.45) is 10.7 Å². The fourth-order valence-electron chi connectivity index (χ4n) is 0.543. The third-order valence-electron chi connectivity index (χ3n) is 1.00. The molecule has 0 fully saturated rings. The minimum Gasteiger partial charge on any atom is -0.480 e. The molecule has 0 unspecified atom stereocenters. The van der Waals surface area contributed by atoms with Crippen LogP contribution in [0.25, 0.3) is 0 Å². The second-order valence-electron chi connectivity index (χ2n) is 2.01. The number of guanidine groups is 1. The minimum absolute atomic E-state index is 0.00935. The summed E-state index contributed by atoms with van der Waals surface area (Å²) in [6.07, 6.45) is 0. The fraction of sp³-hybridized carbons (Fsp3) is 0.200. The Balaban J connectivity index is 2.45. The van der Waals surface area contributed by atoms with Gasteiger partial charge in [0.25, 0.3) is 0 Å². The van der Waals surface area contributed by atoms with Crippen molar-refractivity contribution in [1.82, 2.24) is 9.59 Å². The molecule has 8 heteroatoms. The first-order chi connectivity index (χ1) is 6.18. The number of carboxylic acids is 1. The molecule has 1 aromatic heterocycles. The van der Waals surface area contributed by atoms with E-state index in [4.69, 9.17) is 10.8 Å². The molecule has 0 atom stereocenters. The van der Waals surface area contributed by atoms with Crippen molar-refractivity contribution in [3.8, 4) is 0 Å². The molecule has 0 amide bonds. The van der Waals surface area contributed by atoms with Gasteiger partial charge in [0, 0.05) is 0 Å². The number of carbonyl (C=O) groups is 1. The number of aliphatic imine (C=N–C) groups is 1. The predicted octanol–water partition coefficient (Wildman–Crippen LogP) is -0.651. The summed E-state index contributed by atoms with van der Waals surface area (Å²) < 4.78 is 3.57. The first kappa shape index (κ1) is 9.39. The molecule has 0 aliphatic rings. The lowest BCUT2D eigenvalue weighted by Gasteiger charge is -1.98. The predicted molar refractivity (Wildman–Crippen MR) is 47.7 cm³/mol. The van der Waals surface area contributed by atoms with Crippen LogP contribution in [0.2, 0.25) is 0 Å². The number of anilines is 1. The molecule has 4 N–H and O–H groups in total. The van der Waals surface area contributed by atoms with Gasteiger partial charge in [-0.05, 0) is 11.5 Å². The van der Waals surface area contributed by atoms with E-state index in [0.29, 0.717) is 5.82 Å². The van der Waals surface area contributed by atoms with Crippen molar-refractivity contribution >= 4 is 29.3 Å². The largest absolute Gasteiger partial charge is 0.480 e. The van der Waals surface area contributed by atoms with Crippen LogP contribution in [-0.4, -0.2) is 33.2 Å². The molecule has 0 aliphatic carbocycles. The number of nitrogens with two attached hydrogens (primary N) is 1. The van der Waals surface area contributed by atoms with Crippen LogP contribution < -0.4 is 11.1 Å². The molecule has 0 saturated carbocycles. The van der Waals surface area contributed by atoms with Crippen LogP contribution in [0.1, 0.15) is 0 Å². The molecule has 0 radical (unpaired) electrons. The molecule has 0 aromatic carbocycles. The van der Waals surface area contributed by atoms with Crippen LogP contribution >= 0.6 is 11.5 Å². The second-order valence-corrected chi connectivity index (χ2v) is 2.62. The number of nitrogens with zero attached hydrogens (tertiary/aromatic N) is 3. The first-order valence-electron chi connectivity index (χ1n) is 3.24. The minimum atomic E-state index is -1.04. The van der Waals surface area contributed by atoms with E-state index in [1.807, 2.05) is 0 Å². The molecular weight excluding hydrogens is 194 g/mol. The third kappa shape index (κ3) is 3.47. The quantitative estimate of drug-likeness (QED) is 0.442. The van der Waals surface area contributed by atoms with Crippen molar-refractivity contribution in [2.75, 3.05) is 11.9 Å².